The molecule has 0 aliphatic heterocycles. The van der Waals surface area contributed by atoms with Crippen LogP contribution in [0.3, 0.4) is 0 Å². The number of aryl methyl sites for hydroxylation is 1. The van der Waals surface area contributed by atoms with Gasteiger partial charge in [-0.2, -0.15) is 0 Å². The first kappa shape index (κ1) is 12.0. The minimum absolute atomic E-state index is 0.1000. The van der Waals surface area contributed by atoms with Crippen LogP contribution in [0.5, 0.6) is 5.75 Å². The average Bonchev–Trinajstić information content (AvgIpc) is 2.79. The minimum Gasteiger partial charge on any atom is -0.486 e. The summed E-state index contributed by atoms with van der Waals surface area (Å²) in [5.41, 5.74) is 7.38. The van der Waals surface area contributed by atoms with Crippen LogP contribution >= 0.6 is 0 Å². The normalized spacial score (nSPS) is 10.3. The van der Waals surface area contributed by atoms with Crippen LogP contribution < -0.4 is 10.5 Å². The van der Waals surface area contributed by atoms with Gasteiger partial charge in [0.2, 0.25) is 5.76 Å². The van der Waals surface area contributed by atoms with Gasteiger partial charge in [-0.15, -0.1) is 0 Å². The van der Waals surface area contributed by atoms with Crippen molar-refractivity contribution in [3.05, 3.63) is 47.4 Å². The molecular weight excluding hydrogens is 234 g/mol. The first-order valence-corrected chi connectivity index (χ1v) is 5.37. The van der Waals surface area contributed by atoms with Gasteiger partial charge in [-0.1, -0.05) is 6.07 Å². The van der Waals surface area contributed by atoms with E-state index in [0.717, 1.165) is 5.56 Å². The summed E-state index contributed by atoms with van der Waals surface area (Å²) in [5.74, 6) is -0.129. The Bertz CT molecular complexity index is 574. The highest BCUT2D eigenvalue weighted by molar-refractivity contribution is 5.84. The van der Waals surface area contributed by atoms with Gasteiger partial charge < -0.3 is 20.0 Å². The van der Waals surface area contributed by atoms with Crippen molar-refractivity contribution in [3.63, 3.8) is 0 Å². The monoisotopic (exact) mass is 247 g/mol. The Labute approximate surface area is 104 Å². The Kier molecular flexibility index (Phi) is 3.23. The molecule has 0 saturated carbocycles. The lowest BCUT2D eigenvalue weighted by molar-refractivity contribution is 0.0658. The zero-order valence-electron chi connectivity index (χ0n) is 9.84. The van der Waals surface area contributed by atoms with Crippen LogP contribution in [0.15, 0.2) is 34.7 Å². The van der Waals surface area contributed by atoms with Gasteiger partial charge >= 0.3 is 5.97 Å². The number of ether oxygens (including phenoxy) is 1. The quantitative estimate of drug-likeness (QED) is 0.810. The highest BCUT2D eigenvalue weighted by atomic mass is 16.5. The van der Waals surface area contributed by atoms with Crippen molar-refractivity contribution in [2.24, 2.45) is 0 Å². The fourth-order valence-corrected chi connectivity index (χ4v) is 1.43. The number of nitrogens with two attached hydrogens (primary N) is 1. The molecule has 2 aromatic rings. The summed E-state index contributed by atoms with van der Waals surface area (Å²) >= 11 is 0. The number of hydrogen-bond acceptors (Lipinski definition) is 4. The largest absolute Gasteiger partial charge is 0.486 e. The van der Waals surface area contributed by atoms with Crippen molar-refractivity contribution >= 4 is 11.7 Å². The molecule has 3 N–H and O–H groups in total. The van der Waals surface area contributed by atoms with Crippen LogP contribution in [-0.4, -0.2) is 11.1 Å². The summed E-state index contributed by atoms with van der Waals surface area (Å²) < 4.78 is 10.5. The first-order chi connectivity index (χ1) is 8.56. The molecule has 2 rings (SSSR count). The van der Waals surface area contributed by atoms with Crippen LogP contribution in [0.4, 0.5) is 5.69 Å². The van der Waals surface area contributed by atoms with E-state index in [-0.39, 0.29) is 12.4 Å². The van der Waals surface area contributed by atoms with Gasteiger partial charge in [-0.3, -0.25) is 0 Å². The van der Waals surface area contributed by atoms with E-state index in [0.29, 0.717) is 17.2 Å². The second-order valence-electron chi connectivity index (χ2n) is 3.88. The third-order valence-corrected chi connectivity index (χ3v) is 2.50. The topological polar surface area (TPSA) is 85.7 Å². The molecule has 0 aliphatic rings. The summed E-state index contributed by atoms with van der Waals surface area (Å²) in [4.78, 5) is 10.6. The van der Waals surface area contributed by atoms with Crippen molar-refractivity contribution in [1.29, 1.82) is 0 Å². The maximum Gasteiger partial charge on any atom is 0.371 e. The number of carboxylic acids is 1. The number of carbonyl (C=O) groups is 1. The van der Waals surface area contributed by atoms with Crippen LogP contribution in [0.2, 0.25) is 0 Å². The molecule has 1 aromatic heterocycles. The zero-order valence-corrected chi connectivity index (χ0v) is 9.84. The minimum atomic E-state index is -1.10. The highest BCUT2D eigenvalue weighted by Crippen LogP contribution is 2.20. The predicted octanol–water partition coefficient (Wildman–Crippen LogP) is 2.45. The summed E-state index contributed by atoms with van der Waals surface area (Å²) in [6.07, 6.45) is 0. The molecule has 0 spiro atoms. The summed E-state index contributed by atoms with van der Waals surface area (Å²) in [7, 11) is 0. The average molecular weight is 247 g/mol. The van der Waals surface area contributed by atoms with Crippen LogP contribution in [-0.2, 0) is 6.61 Å². The number of benzene rings is 1. The SMILES string of the molecule is Cc1ccc(OCc2ccc(C(=O)O)o2)cc1N. The van der Waals surface area contributed by atoms with Gasteiger partial charge in [0.15, 0.2) is 0 Å². The van der Waals surface area contributed by atoms with Crippen LogP contribution in [0.25, 0.3) is 0 Å². The fourth-order valence-electron chi connectivity index (χ4n) is 1.43. The number of rotatable bonds is 4. The standard InChI is InChI=1S/C13H13NO4/c1-8-2-3-9(6-11(8)14)17-7-10-4-5-12(18-10)13(15)16/h2-6H,7,14H2,1H3,(H,15,16). The zero-order chi connectivity index (χ0) is 13.1. The summed E-state index contributed by atoms with van der Waals surface area (Å²) in [6.45, 7) is 2.07. The van der Waals surface area contributed by atoms with E-state index in [9.17, 15) is 4.79 Å². The van der Waals surface area contributed by atoms with Gasteiger partial charge in [0, 0.05) is 11.8 Å². The lowest BCUT2D eigenvalue weighted by atomic mass is 10.2. The second-order valence-corrected chi connectivity index (χ2v) is 3.88. The van der Waals surface area contributed by atoms with Crippen LogP contribution in [0, 0.1) is 6.92 Å². The summed E-state index contributed by atoms with van der Waals surface area (Å²) in [5, 5.41) is 8.70. The highest BCUT2D eigenvalue weighted by Gasteiger charge is 2.09. The molecule has 5 heteroatoms. The van der Waals surface area contributed by atoms with E-state index in [1.807, 2.05) is 13.0 Å². The maximum atomic E-state index is 10.6. The molecule has 1 heterocycles. The molecule has 18 heavy (non-hydrogen) atoms. The molecule has 0 unspecified atom stereocenters. The third-order valence-electron chi connectivity index (χ3n) is 2.50. The van der Waals surface area contributed by atoms with Gasteiger partial charge in [0.1, 0.15) is 18.1 Å². The molecule has 0 fully saturated rings. The molecule has 0 aliphatic carbocycles. The Morgan fingerprint density at radius 2 is 2.17 bits per heavy atom. The lowest BCUT2D eigenvalue weighted by Gasteiger charge is -2.06. The molecule has 1 aromatic carbocycles. The molecule has 0 bridgehead atoms. The number of nitrogen functional groups attached to an aromatic ring is 1. The number of anilines is 1. The molecule has 0 radical (unpaired) electrons. The Hall–Kier alpha value is -2.43. The number of furan rings is 1. The molecule has 0 amide bonds. The Morgan fingerprint density at radius 1 is 1.39 bits per heavy atom. The van der Waals surface area contributed by atoms with Crippen molar-refractivity contribution in [1.82, 2.24) is 0 Å². The molecule has 94 valence electrons. The van der Waals surface area contributed by atoms with Gasteiger partial charge in [0.05, 0.1) is 0 Å². The van der Waals surface area contributed by atoms with Gasteiger partial charge in [-0.25, -0.2) is 4.79 Å². The van der Waals surface area contributed by atoms with Gasteiger partial charge in [-0.05, 0) is 30.7 Å². The predicted molar refractivity (Wildman–Crippen MR) is 65.6 cm³/mol. The van der Waals surface area contributed by atoms with E-state index >= 15 is 0 Å². The molecular formula is C13H13NO4. The molecule has 0 saturated heterocycles. The number of aromatic carboxylic acids is 1. The lowest BCUT2D eigenvalue weighted by Crippen LogP contribution is -1.96. The smallest absolute Gasteiger partial charge is 0.371 e. The van der Waals surface area contributed by atoms with Crippen LogP contribution in [0.1, 0.15) is 21.9 Å². The third kappa shape index (κ3) is 2.63. The van der Waals surface area contributed by atoms with E-state index < -0.39 is 5.97 Å². The van der Waals surface area contributed by atoms with Crippen molar-refractivity contribution in [2.45, 2.75) is 13.5 Å². The Morgan fingerprint density at radius 3 is 2.78 bits per heavy atom. The number of carboxylic acid groups (broad SMARTS) is 1. The second kappa shape index (κ2) is 4.83. The van der Waals surface area contributed by atoms with E-state index in [4.69, 9.17) is 20.0 Å². The van der Waals surface area contributed by atoms with Crippen molar-refractivity contribution in [3.8, 4) is 5.75 Å². The Balaban J connectivity index is 2.02. The fraction of sp³-hybridized carbons (Fsp3) is 0.154. The van der Waals surface area contributed by atoms with Gasteiger partial charge in [0.25, 0.3) is 0 Å². The van der Waals surface area contributed by atoms with E-state index in [1.165, 1.54) is 6.07 Å². The molecule has 0 atom stereocenters. The number of hydrogen-bond donors (Lipinski definition) is 2. The molecule has 5 nitrogen and oxygen atoms in total. The summed E-state index contributed by atoms with van der Waals surface area (Å²) in [6, 6.07) is 8.34. The van der Waals surface area contributed by atoms with E-state index in [1.54, 1.807) is 18.2 Å². The van der Waals surface area contributed by atoms with Crippen molar-refractivity contribution < 1.29 is 19.1 Å². The maximum absolute atomic E-state index is 10.6. The van der Waals surface area contributed by atoms with E-state index in [2.05, 4.69) is 0 Å². The van der Waals surface area contributed by atoms with Crippen molar-refractivity contribution in [2.75, 3.05) is 5.73 Å². The first-order valence-electron chi connectivity index (χ1n) is 5.37.